The fraction of sp³-hybridized carbons (Fsp3) is 0.909. The standard InChI is InChI=1S/C11H22O2/c1-8(12)9(2,3)10(4,5)11(6,7)13/h13H,1-7H3. The van der Waals surface area contributed by atoms with Gasteiger partial charge in [0.2, 0.25) is 0 Å². The Labute approximate surface area is 81.3 Å². The Kier molecular flexibility index (Phi) is 3.00. The van der Waals surface area contributed by atoms with Gasteiger partial charge in [0.05, 0.1) is 5.60 Å². The predicted octanol–water partition coefficient (Wildman–Crippen LogP) is 2.40. The summed E-state index contributed by atoms with van der Waals surface area (Å²) in [5, 5.41) is 9.98. The summed E-state index contributed by atoms with van der Waals surface area (Å²) in [6, 6.07) is 0. The zero-order valence-corrected chi connectivity index (χ0v) is 9.86. The minimum atomic E-state index is -0.859. The molecular formula is C11H22O2. The lowest BCUT2D eigenvalue weighted by Crippen LogP contribution is -2.51. The number of Topliss-reactive ketones (excluding diaryl/α,β-unsaturated/α-hetero) is 1. The summed E-state index contributed by atoms with van der Waals surface area (Å²) in [7, 11) is 0. The second-order valence-corrected chi connectivity index (χ2v) is 5.37. The van der Waals surface area contributed by atoms with Crippen molar-refractivity contribution in [3.63, 3.8) is 0 Å². The van der Waals surface area contributed by atoms with E-state index in [2.05, 4.69) is 0 Å². The van der Waals surface area contributed by atoms with E-state index in [1.54, 1.807) is 20.8 Å². The number of carbonyl (C=O) groups excluding carboxylic acids is 1. The molecular weight excluding hydrogens is 164 g/mol. The van der Waals surface area contributed by atoms with Crippen LogP contribution in [0.15, 0.2) is 0 Å². The summed E-state index contributed by atoms with van der Waals surface area (Å²) < 4.78 is 0. The van der Waals surface area contributed by atoms with E-state index in [0.29, 0.717) is 0 Å². The summed E-state index contributed by atoms with van der Waals surface area (Å²) in [6.07, 6.45) is 0. The van der Waals surface area contributed by atoms with Crippen LogP contribution in [-0.4, -0.2) is 16.5 Å². The van der Waals surface area contributed by atoms with Crippen LogP contribution in [0.4, 0.5) is 0 Å². The molecule has 2 nitrogen and oxygen atoms in total. The highest BCUT2D eigenvalue weighted by Gasteiger charge is 2.49. The van der Waals surface area contributed by atoms with Gasteiger partial charge in [-0.2, -0.15) is 0 Å². The Morgan fingerprint density at radius 3 is 1.38 bits per heavy atom. The Hall–Kier alpha value is -0.370. The van der Waals surface area contributed by atoms with Gasteiger partial charge in [-0.05, 0) is 20.8 Å². The van der Waals surface area contributed by atoms with Crippen molar-refractivity contribution in [1.29, 1.82) is 0 Å². The number of ketones is 1. The first-order chi connectivity index (χ1) is 5.44. The third-order valence-corrected chi connectivity index (χ3v) is 3.97. The molecule has 0 unspecified atom stereocenters. The molecule has 0 saturated carbocycles. The molecule has 0 aromatic heterocycles. The highest BCUT2D eigenvalue weighted by molar-refractivity contribution is 5.82. The average Bonchev–Trinajstić information content (AvgIpc) is 1.84. The van der Waals surface area contributed by atoms with Gasteiger partial charge >= 0.3 is 0 Å². The third kappa shape index (κ3) is 1.93. The fourth-order valence-corrected chi connectivity index (χ4v) is 1.20. The normalized spacial score (nSPS) is 14.5. The largest absolute Gasteiger partial charge is 0.390 e. The zero-order valence-electron chi connectivity index (χ0n) is 9.86. The maximum absolute atomic E-state index is 11.4. The van der Waals surface area contributed by atoms with Crippen LogP contribution >= 0.6 is 0 Å². The topological polar surface area (TPSA) is 37.3 Å². The first kappa shape index (κ1) is 12.6. The van der Waals surface area contributed by atoms with Crippen LogP contribution in [0, 0.1) is 10.8 Å². The Morgan fingerprint density at radius 2 is 1.31 bits per heavy atom. The smallest absolute Gasteiger partial charge is 0.136 e. The van der Waals surface area contributed by atoms with Crippen LogP contribution in [0.2, 0.25) is 0 Å². The third-order valence-electron chi connectivity index (χ3n) is 3.97. The van der Waals surface area contributed by atoms with E-state index in [1.807, 2.05) is 27.7 Å². The van der Waals surface area contributed by atoms with E-state index in [4.69, 9.17) is 0 Å². The maximum atomic E-state index is 11.4. The molecule has 0 aliphatic heterocycles. The van der Waals surface area contributed by atoms with Gasteiger partial charge in [0, 0.05) is 10.8 Å². The number of hydrogen-bond donors (Lipinski definition) is 1. The van der Waals surface area contributed by atoms with Crippen LogP contribution in [0.3, 0.4) is 0 Å². The molecule has 0 saturated heterocycles. The van der Waals surface area contributed by atoms with Crippen molar-refractivity contribution in [2.45, 2.75) is 54.1 Å². The van der Waals surface area contributed by atoms with Crippen molar-refractivity contribution in [2.75, 3.05) is 0 Å². The number of aliphatic hydroxyl groups is 1. The molecule has 0 aliphatic rings. The monoisotopic (exact) mass is 186 g/mol. The average molecular weight is 186 g/mol. The zero-order chi connectivity index (χ0) is 11.1. The van der Waals surface area contributed by atoms with Gasteiger partial charge in [0.15, 0.2) is 0 Å². The minimum Gasteiger partial charge on any atom is -0.390 e. The van der Waals surface area contributed by atoms with Crippen molar-refractivity contribution in [1.82, 2.24) is 0 Å². The first-order valence-corrected chi connectivity index (χ1v) is 4.68. The molecule has 0 aliphatic carbocycles. The molecule has 0 fully saturated rings. The van der Waals surface area contributed by atoms with Gasteiger partial charge < -0.3 is 5.11 Å². The lowest BCUT2D eigenvalue weighted by atomic mass is 9.58. The molecule has 2 heteroatoms. The van der Waals surface area contributed by atoms with Gasteiger partial charge in [-0.15, -0.1) is 0 Å². The minimum absolute atomic E-state index is 0.111. The molecule has 78 valence electrons. The Morgan fingerprint density at radius 1 is 1.00 bits per heavy atom. The Balaban J connectivity index is 5.16. The van der Waals surface area contributed by atoms with Gasteiger partial charge in [0.25, 0.3) is 0 Å². The lowest BCUT2D eigenvalue weighted by molar-refractivity contribution is -0.147. The molecule has 0 spiro atoms. The predicted molar refractivity (Wildman–Crippen MR) is 54.5 cm³/mol. The van der Waals surface area contributed by atoms with E-state index in [1.165, 1.54) is 0 Å². The van der Waals surface area contributed by atoms with Crippen molar-refractivity contribution in [2.24, 2.45) is 10.8 Å². The molecule has 0 rings (SSSR count). The summed E-state index contributed by atoms with van der Waals surface area (Å²) in [6.45, 7) is 12.7. The van der Waals surface area contributed by atoms with E-state index < -0.39 is 16.4 Å². The number of rotatable bonds is 3. The van der Waals surface area contributed by atoms with Crippen LogP contribution in [0.1, 0.15) is 48.5 Å². The lowest BCUT2D eigenvalue weighted by Gasteiger charge is -2.47. The first-order valence-electron chi connectivity index (χ1n) is 4.68. The fourth-order valence-electron chi connectivity index (χ4n) is 1.20. The SMILES string of the molecule is CC(=O)C(C)(C)C(C)(C)C(C)(C)O. The number of hydrogen-bond acceptors (Lipinski definition) is 2. The molecule has 0 amide bonds. The summed E-state index contributed by atoms with van der Waals surface area (Å²) in [5.41, 5.74) is -1.81. The molecule has 0 aromatic carbocycles. The van der Waals surface area contributed by atoms with Crippen LogP contribution < -0.4 is 0 Å². The van der Waals surface area contributed by atoms with Crippen molar-refractivity contribution in [3.05, 3.63) is 0 Å². The van der Waals surface area contributed by atoms with Gasteiger partial charge in [-0.3, -0.25) is 4.79 Å². The molecule has 0 radical (unpaired) electrons. The van der Waals surface area contributed by atoms with Crippen LogP contribution in [0.5, 0.6) is 0 Å². The quantitative estimate of drug-likeness (QED) is 0.735. The van der Waals surface area contributed by atoms with E-state index in [0.717, 1.165) is 0 Å². The molecule has 0 bridgehead atoms. The molecule has 0 heterocycles. The van der Waals surface area contributed by atoms with Crippen molar-refractivity contribution >= 4 is 5.78 Å². The molecule has 0 aromatic rings. The van der Waals surface area contributed by atoms with Crippen LogP contribution in [0.25, 0.3) is 0 Å². The van der Waals surface area contributed by atoms with Crippen molar-refractivity contribution in [3.8, 4) is 0 Å². The summed E-state index contributed by atoms with van der Waals surface area (Å²) in [5.74, 6) is 0.111. The maximum Gasteiger partial charge on any atom is 0.136 e. The van der Waals surface area contributed by atoms with Crippen molar-refractivity contribution < 1.29 is 9.90 Å². The van der Waals surface area contributed by atoms with Crippen LogP contribution in [-0.2, 0) is 4.79 Å². The summed E-state index contributed by atoms with van der Waals surface area (Å²) in [4.78, 5) is 11.4. The second kappa shape index (κ2) is 3.09. The number of carbonyl (C=O) groups is 1. The molecule has 0 atom stereocenters. The van der Waals surface area contributed by atoms with Gasteiger partial charge in [0.1, 0.15) is 5.78 Å². The highest BCUT2D eigenvalue weighted by atomic mass is 16.3. The van der Waals surface area contributed by atoms with E-state index >= 15 is 0 Å². The second-order valence-electron chi connectivity index (χ2n) is 5.37. The highest BCUT2D eigenvalue weighted by Crippen LogP contribution is 2.46. The van der Waals surface area contributed by atoms with E-state index in [9.17, 15) is 9.90 Å². The molecule has 13 heavy (non-hydrogen) atoms. The Bertz CT molecular complexity index is 207. The van der Waals surface area contributed by atoms with Gasteiger partial charge in [-0.25, -0.2) is 0 Å². The van der Waals surface area contributed by atoms with Gasteiger partial charge in [-0.1, -0.05) is 27.7 Å². The summed E-state index contributed by atoms with van der Waals surface area (Å²) >= 11 is 0. The molecule has 1 N–H and O–H groups in total. The van der Waals surface area contributed by atoms with E-state index in [-0.39, 0.29) is 5.78 Å².